The molecule has 0 unspecified atom stereocenters. The van der Waals surface area contributed by atoms with Gasteiger partial charge in [0.1, 0.15) is 11.0 Å². The van der Waals surface area contributed by atoms with E-state index in [1.807, 2.05) is 6.07 Å². The Hall–Kier alpha value is -1.63. The third-order valence-electron chi connectivity index (χ3n) is 4.04. The fourth-order valence-electron chi connectivity index (χ4n) is 2.52. The van der Waals surface area contributed by atoms with Gasteiger partial charge in [0.05, 0.1) is 5.56 Å². The van der Waals surface area contributed by atoms with Crippen LogP contribution in [-0.2, 0) is 10.0 Å². The molecule has 1 aromatic carbocycles. The first-order chi connectivity index (χ1) is 10.5. The van der Waals surface area contributed by atoms with E-state index in [1.54, 1.807) is 13.0 Å². The molecule has 0 radical (unpaired) electrons. The van der Waals surface area contributed by atoms with Crippen LogP contribution in [0.15, 0.2) is 23.1 Å². The van der Waals surface area contributed by atoms with Crippen LogP contribution in [0, 0.1) is 18.3 Å². The van der Waals surface area contributed by atoms with E-state index < -0.39 is 47.7 Å². The molecule has 0 spiro atoms. The van der Waals surface area contributed by atoms with Gasteiger partial charge in [-0.3, -0.25) is 0 Å². The Morgan fingerprint density at radius 2 is 1.87 bits per heavy atom. The molecule has 0 aliphatic carbocycles. The van der Waals surface area contributed by atoms with E-state index in [0.717, 1.165) is 4.31 Å². The molecule has 1 fully saturated rings. The predicted molar refractivity (Wildman–Crippen MR) is 74.9 cm³/mol. The van der Waals surface area contributed by atoms with Gasteiger partial charge in [0, 0.05) is 13.1 Å². The van der Waals surface area contributed by atoms with E-state index in [4.69, 9.17) is 5.26 Å². The van der Waals surface area contributed by atoms with Gasteiger partial charge in [-0.15, -0.1) is 0 Å². The number of piperidine rings is 1. The van der Waals surface area contributed by atoms with Crippen molar-refractivity contribution in [3.63, 3.8) is 0 Å². The number of hydrogen-bond donors (Lipinski definition) is 1. The molecule has 0 aromatic heterocycles. The highest BCUT2D eigenvalue weighted by atomic mass is 32.2. The van der Waals surface area contributed by atoms with Crippen LogP contribution in [0.1, 0.15) is 24.0 Å². The average molecular weight is 348 g/mol. The number of alkyl halides is 3. The van der Waals surface area contributed by atoms with Crippen LogP contribution in [0.2, 0.25) is 0 Å². The zero-order valence-corrected chi connectivity index (χ0v) is 13.1. The van der Waals surface area contributed by atoms with E-state index in [-0.39, 0.29) is 10.5 Å². The monoisotopic (exact) mass is 348 g/mol. The van der Waals surface area contributed by atoms with E-state index >= 15 is 0 Å². The smallest absolute Gasteiger partial charge is 0.380 e. The molecule has 1 N–H and O–H groups in total. The van der Waals surface area contributed by atoms with Crippen molar-refractivity contribution in [2.45, 2.75) is 36.4 Å². The van der Waals surface area contributed by atoms with Gasteiger partial charge in [-0.1, -0.05) is 12.1 Å². The highest BCUT2D eigenvalue weighted by Gasteiger charge is 2.55. The summed E-state index contributed by atoms with van der Waals surface area (Å²) >= 11 is 0. The highest BCUT2D eigenvalue weighted by molar-refractivity contribution is 7.89. The van der Waals surface area contributed by atoms with Gasteiger partial charge >= 0.3 is 6.18 Å². The number of nitrogens with zero attached hydrogens (tertiary/aromatic N) is 2. The van der Waals surface area contributed by atoms with Gasteiger partial charge in [0.2, 0.25) is 10.0 Å². The maximum Gasteiger partial charge on any atom is 0.417 e. The molecule has 1 aliphatic rings. The number of halogens is 3. The molecule has 126 valence electrons. The molecule has 0 saturated carbocycles. The van der Waals surface area contributed by atoms with Crippen molar-refractivity contribution in [3.05, 3.63) is 29.3 Å². The topological polar surface area (TPSA) is 81.4 Å². The number of rotatable bonds is 2. The van der Waals surface area contributed by atoms with Gasteiger partial charge in [-0.2, -0.15) is 22.7 Å². The summed E-state index contributed by atoms with van der Waals surface area (Å²) in [5.74, 6) is 0. The molecule has 1 heterocycles. The molecule has 2 rings (SSSR count). The molecule has 1 aromatic rings. The maximum atomic E-state index is 12.8. The molecular formula is C14H15F3N2O3S. The number of aryl methyl sites for hydroxylation is 1. The number of benzene rings is 1. The van der Waals surface area contributed by atoms with Crippen molar-refractivity contribution in [2.75, 3.05) is 13.1 Å². The van der Waals surface area contributed by atoms with Crippen LogP contribution in [0.25, 0.3) is 0 Å². The summed E-state index contributed by atoms with van der Waals surface area (Å²) in [7, 11) is -4.09. The Bertz CT molecular complexity index is 746. The van der Waals surface area contributed by atoms with E-state index in [2.05, 4.69) is 0 Å². The first kappa shape index (κ1) is 17.7. The van der Waals surface area contributed by atoms with E-state index in [1.165, 1.54) is 12.1 Å². The van der Waals surface area contributed by atoms with Crippen molar-refractivity contribution in [1.29, 1.82) is 5.26 Å². The van der Waals surface area contributed by atoms with Crippen LogP contribution >= 0.6 is 0 Å². The molecular weight excluding hydrogens is 333 g/mol. The fourth-order valence-corrected chi connectivity index (χ4v) is 4.17. The SMILES string of the molecule is Cc1cccc(S(=O)(=O)N2CCC(O)(C(F)(F)F)CC2)c1C#N. The molecule has 1 saturated heterocycles. The second-order valence-electron chi connectivity index (χ2n) is 5.49. The van der Waals surface area contributed by atoms with Gasteiger partial charge in [0.25, 0.3) is 0 Å². The van der Waals surface area contributed by atoms with Crippen LogP contribution in [0.3, 0.4) is 0 Å². The number of hydrogen-bond acceptors (Lipinski definition) is 4. The minimum absolute atomic E-state index is 0.0239. The molecule has 0 atom stereocenters. The Morgan fingerprint density at radius 3 is 2.35 bits per heavy atom. The minimum Gasteiger partial charge on any atom is -0.380 e. The molecule has 5 nitrogen and oxygen atoms in total. The lowest BCUT2D eigenvalue weighted by molar-refractivity contribution is -0.270. The van der Waals surface area contributed by atoms with Crippen LogP contribution < -0.4 is 0 Å². The molecule has 1 aliphatic heterocycles. The third kappa shape index (κ3) is 3.06. The van der Waals surface area contributed by atoms with Crippen molar-refractivity contribution in [3.8, 4) is 6.07 Å². The number of sulfonamides is 1. The minimum atomic E-state index is -4.80. The summed E-state index contributed by atoms with van der Waals surface area (Å²) < 4.78 is 64.4. The highest BCUT2D eigenvalue weighted by Crippen LogP contribution is 2.39. The van der Waals surface area contributed by atoms with Crippen LogP contribution in [0.4, 0.5) is 13.2 Å². The Morgan fingerprint density at radius 1 is 1.30 bits per heavy atom. The first-order valence-electron chi connectivity index (χ1n) is 6.82. The lowest BCUT2D eigenvalue weighted by Crippen LogP contribution is -2.54. The summed E-state index contributed by atoms with van der Waals surface area (Å²) in [5, 5.41) is 18.7. The quantitative estimate of drug-likeness (QED) is 0.886. The van der Waals surface area contributed by atoms with Crippen molar-refractivity contribution < 1.29 is 26.7 Å². The molecule has 0 amide bonds. The summed E-state index contributed by atoms with van der Waals surface area (Å²) in [6.45, 7) is 0.657. The van der Waals surface area contributed by atoms with E-state index in [0.29, 0.717) is 5.56 Å². The van der Waals surface area contributed by atoms with E-state index in [9.17, 15) is 26.7 Å². The van der Waals surface area contributed by atoms with Gasteiger partial charge in [0.15, 0.2) is 5.60 Å². The molecule has 0 bridgehead atoms. The Balaban J connectivity index is 2.31. The average Bonchev–Trinajstić information content (AvgIpc) is 2.46. The molecule has 9 heteroatoms. The zero-order chi connectivity index (χ0) is 17.5. The second kappa shape index (κ2) is 5.78. The first-order valence-corrected chi connectivity index (χ1v) is 8.26. The fraction of sp³-hybridized carbons (Fsp3) is 0.500. The van der Waals surface area contributed by atoms with Crippen molar-refractivity contribution in [1.82, 2.24) is 4.31 Å². The summed E-state index contributed by atoms with van der Waals surface area (Å²) in [4.78, 5) is -0.225. The van der Waals surface area contributed by atoms with Crippen LogP contribution in [-0.4, -0.2) is 42.7 Å². The normalized spacial score (nSPS) is 19.3. The summed E-state index contributed by atoms with van der Waals surface area (Å²) in [5.41, 5.74) is -2.43. The van der Waals surface area contributed by atoms with Crippen molar-refractivity contribution in [2.24, 2.45) is 0 Å². The summed E-state index contributed by atoms with van der Waals surface area (Å²) in [6.07, 6.45) is -6.27. The van der Waals surface area contributed by atoms with Crippen LogP contribution in [0.5, 0.6) is 0 Å². The van der Waals surface area contributed by atoms with Gasteiger partial charge < -0.3 is 5.11 Å². The second-order valence-corrected chi connectivity index (χ2v) is 7.40. The Kier molecular flexibility index (Phi) is 4.45. The maximum absolute atomic E-state index is 12.8. The lowest BCUT2D eigenvalue weighted by atomic mass is 9.92. The van der Waals surface area contributed by atoms with Gasteiger partial charge in [-0.05, 0) is 31.4 Å². The Labute approximate surface area is 132 Å². The molecule has 23 heavy (non-hydrogen) atoms. The van der Waals surface area contributed by atoms with Crippen molar-refractivity contribution >= 4 is 10.0 Å². The zero-order valence-electron chi connectivity index (χ0n) is 12.3. The lowest BCUT2D eigenvalue weighted by Gasteiger charge is -2.38. The number of nitriles is 1. The van der Waals surface area contributed by atoms with Gasteiger partial charge in [-0.25, -0.2) is 8.42 Å². The summed E-state index contributed by atoms with van der Waals surface area (Å²) in [6, 6.07) is 6.12. The number of aliphatic hydroxyl groups is 1. The predicted octanol–water partition coefficient (Wildman–Crippen LogP) is 1.94. The largest absolute Gasteiger partial charge is 0.417 e. The standard InChI is InChI=1S/C14H15F3N2O3S/c1-10-3-2-4-12(11(10)9-18)23(21,22)19-7-5-13(20,6-8-19)14(15,16)17/h2-4,20H,5-8H2,1H3. The third-order valence-corrected chi connectivity index (χ3v) is 5.98.